The van der Waals surface area contributed by atoms with Crippen LogP contribution in [0.25, 0.3) is 0 Å². The molecule has 3 N–H and O–H groups in total. The zero-order valence-corrected chi connectivity index (χ0v) is 15.3. The number of amides is 3. The number of nitrogens with zero attached hydrogens (tertiary/aromatic N) is 1. The van der Waals surface area contributed by atoms with Crippen molar-refractivity contribution in [2.24, 2.45) is 5.73 Å². The number of rotatable bonds is 6. The van der Waals surface area contributed by atoms with Crippen LogP contribution in [0.15, 0.2) is 54.6 Å². The van der Waals surface area contributed by atoms with E-state index in [0.717, 1.165) is 24.0 Å². The Morgan fingerprint density at radius 2 is 1.70 bits per heavy atom. The molecule has 1 aliphatic heterocycles. The summed E-state index contributed by atoms with van der Waals surface area (Å²) < 4.78 is 5.97. The number of para-hydroxylation sites is 1. The highest BCUT2D eigenvalue weighted by Crippen LogP contribution is 2.19. The van der Waals surface area contributed by atoms with E-state index < -0.39 is 5.91 Å². The molecule has 0 aromatic heterocycles. The van der Waals surface area contributed by atoms with E-state index in [1.807, 2.05) is 42.5 Å². The first-order valence-corrected chi connectivity index (χ1v) is 9.19. The van der Waals surface area contributed by atoms with Crippen molar-refractivity contribution in [3.05, 3.63) is 65.7 Å². The van der Waals surface area contributed by atoms with Crippen LogP contribution in [0.3, 0.4) is 0 Å². The van der Waals surface area contributed by atoms with Gasteiger partial charge in [0.05, 0.1) is 19.1 Å². The minimum absolute atomic E-state index is 0.103. The number of piperidine rings is 1. The van der Waals surface area contributed by atoms with Gasteiger partial charge in [0.1, 0.15) is 0 Å². The first kappa shape index (κ1) is 18.9. The summed E-state index contributed by atoms with van der Waals surface area (Å²) in [5.41, 5.74) is 7.78. The van der Waals surface area contributed by atoms with Crippen molar-refractivity contribution in [1.29, 1.82) is 0 Å². The maximum Gasteiger partial charge on any atom is 0.321 e. The summed E-state index contributed by atoms with van der Waals surface area (Å²) in [4.78, 5) is 25.5. The van der Waals surface area contributed by atoms with Crippen LogP contribution in [-0.4, -0.2) is 36.0 Å². The SMILES string of the molecule is NC(=O)Cc1ccccc1NC(=O)N1CCC(OCc2ccccc2)CC1. The van der Waals surface area contributed by atoms with Crippen LogP contribution in [-0.2, 0) is 22.6 Å². The molecule has 0 radical (unpaired) electrons. The molecule has 2 aromatic rings. The fourth-order valence-electron chi connectivity index (χ4n) is 3.19. The van der Waals surface area contributed by atoms with E-state index in [1.54, 1.807) is 17.0 Å². The summed E-state index contributed by atoms with van der Waals surface area (Å²) >= 11 is 0. The number of hydrogen-bond acceptors (Lipinski definition) is 3. The molecule has 3 amide bonds. The second-order valence-electron chi connectivity index (χ2n) is 6.71. The van der Waals surface area contributed by atoms with Crippen LogP contribution < -0.4 is 11.1 Å². The molecular formula is C21H25N3O3. The van der Waals surface area contributed by atoms with Crippen LogP contribution in [0.2, 0.25) is 0 Å². The summed E-state index contributed by atoms with van der Waals surface area (Å²) in [6.07, 6.45) is 1.88. The molecule has 6 heteroatoms. The number of ether oxygens (including phenoxy) is 1. The van der Waals surface area contributed by atoms with E-state index in [1.165, 1.54) is 0 Å². The number of urea groups is 1. The fourth-order valence-corrected chi connectivity index (χ4v) is 3.19. The second kappa shape index (κ2) is 9.19. The molecule has 0 aliphatic carbocycles. The summed E-state index contributed by atoms with van der Waals surface area (Å²) in [5, 5.41) is 2.90. The predicted octanol–water partition coefficient (Wildman–Crippen LogP) is 2.93. The Morgan fingerprint density at radius 1 is 1.04 bits per heavy atom. The monoisotopic (exact) mass is 367 g/mol. The standard InChI is InChI=1S/C21H25N3O3/c22-20(25)14-17-8-4-5-9-19(17)23-21(26)24-12-10-18(11-13-24)27-15-16-6-2-1-3-7-16/h1-9,18H,10-15H2,(H2,22,25)(H,23,26). The van der Waals surface area contributed by atoms with Crippen molar-refractivity contribution in [3.8, 4) is 0 Å². The van der Waals surface area contributed by atoms with E-state index in [-0.39, 0.29) is 18.6 Å². The maximum atomic E-state index is 12.5. The van der Waals surface area contributed by atoms with Gasteiger partial charge in [0.25, 0.3) is 0 Å². The number of likely N-dealkylation sites (tertiary alicyclic amines) is 1. The molecule has 27 heavy (non-hydrogen) atoms. The third-order valence-corrected chi connectivity index (χ3v) is 4.68. The summed E-state index contributed by atoms with van der Waals surface area (Å²) in [6.45, 7) is 1.88. The smallest absolute Gasteiger partial charge is 0.321 e. The van der Waals surface area contributed by atoms with E-state index in [0.29, 0.717) is 25.4 Å². The number of carbonyl (C=O) groups excluding carboxylic acids is 2. The summed E-state index contributed by atoms with van der Waals surface area (Å²) in [5.74, 6) is -0.423. The zero-order valence-electron chi connectivity index (χ0n) is 15.3. The van der Waals surface area contributed by atoms with Gasteiger partial charge in [0, 0.05) is 18.8 Å². The Balaban J connectivity index is 1.48. The van der Waals surface area contributed by atoms with Crippen LogP contribution in [0, 0.1) is 0 Å². The highest BCUT2D eigenvalue weighted by Gasteiger charge is 2.23. The summed E-state index contributed by atoms with van der Waals surface area (Å²) in [7, 11) is 0. The van der Waals surface area contributed by atoms with Gasteiger partial charge in [-0.05, 0) is 30.0 Å². The third-order valence-electron chi connectivity index (χ3n) is 4.68. The molecular weight excluding hydrogens is 342 g/mol. The van der Waals surface area contributed by atoms with Crippen LogP contribution in [0.1, 0.15) is 24.0 Å². The topological polar surface area (TPSA) is 84.7 Å². The van der Waals surface area contributed by atoms with Gasteiger partial charge in [-0.3, -0.25) is 4.79 Å². The van der Waals surface area contributed by atoms with E-state index in [9.17, 15) is 9.59 Å². The van der Waals surface area contributed by atoms with Crippen molar-refractivity contribution in [3.63, 3.8) is 0 Å². The number of carbonyl (C=O) groups is 2. The Hall–Kier alpha value is -2.86. The average Bonchev–Trinajstić information content (AvgIpc) is 2.69. The number of nitrogens with one attached hydrogen (secondary N) is 1. The lowest BCUT2D eigenvalue weighted by Crippen LogP contribution is -2.43. The minimum Gasteiger partial charge on any atom is -0.373 e. The lowest BCUT2D eigenvalue weighted by atomic mass is 10.1. The average molecular weight is 367 g/mol. The van der Waals surface area contributed by atoms with E-state index >= 15 is 0 Å². The van der Waals surface area contributed by atoms with Gasteiger partial charge in [-0.2, -0.15) is 0 Å². The lowest BCUT2D eigenvalue weighted by molar-refractivity contribution is -0.117. The molecule has 0 saturated carbocycles. The Labute approximate surface area is 159 Å². The highest BCUT2D eigenvalue weighted by molar-refractivity contribution is 5.91. The number of benzene rings is 2. The Bertz CT molecular complexity index is 771. The van der Waals surface area contributed by atoms with Crippen LogP contribution >= 0.6 is 0 Å². The van der Waals surface area contributed by atoms with E-state index in [4.69, 9.17) is 10.5 Å². The first-order valence-electron chi connectivity index (χ1n) is 9.19. The Morgan fingerprint density at radius 3 is 2.41 bits per heavy atom. The quantitative estimate of drug-likeness (QED) is 0.823. The van der Waals surface area contributed by atoms with Crippen LogP contribution in [0.4, 0.5) is 10.5 Å². The third kappa shape index (κ3) is 5.56. The normalized spacial score (nSPS) is 14.7. The molecule has 0 bridgehead atoms. The number of hydrogen-bond donors (Lipinski definition) is 2. The predicted molar refractivity (Wildman–Crippen MR) is 104 cm³/mol. The van der Waals surface area contributed by atoms with Gasteiger partial charge in [-0.15, -0.1) is 0 Å². The molecule has 6 nitrogen and oxygen atoms in total. The summed E-state index contributed by atoms with van der Waals surface area (Å²) in [6, 6.07) is 17.2. The maximum absolute atomic E-state index is 12.5. The molecule has 0 atom stereocenters. The first-order chi connectivity index (χ1) is 13.1. The minimum atomic E-state index is -0.423. The van der Waals surface area contributed by atoms with Crippen molar-refractivity contribution in [2.45, 2.75) is 32.0 Å². The van der Waals surface area contributed by atoms with Gasteiger partial charge in [-0.1, -0.05) is 48.5 Å². The van der Waals surface area contributed by atoms with Crippen molar-refractivity contribution in [1.82, 2.24) is 4.90 Å². The molecule has 0 spiro atoms. The molecule has 3 rings (SSSR count). The molecule has 1 fully saturated rings. The molecule has 1 aliphatic rings. The molecule has 2 aromatic carbocycles. The second-order valence-corrected chi connectivity index (χ2v) is 6.71. The van der Waals surface area contributed by atoms with Crippen molar-refractivity contribution < 1.29 is 14.3 Å². The number of nitrogens with two attached hydrogens (primary N) is 1. The Kier molecular flexibility index (Phi) is 6.44. The van der Waals surface area contributed by atoms with Gasteiger partial charge in [0.2, 0.25) is 5.91 Å². The van der Waals surface area contributed by atoms with Gasteiger partial charge in [-0.25, -0.2) is 4.79 Å². The van der Waals surface area contributed by atoms with Gasteiger partial charge in [0.15, 0.2) is 0 Å². The highest BCUT2D eigenvalue weighted by atomic mass is 16.5. The number of primary amides is 1. The number of anilines is 1. The largest absolute Gasteiger partial charge is 0.373 e. The lowest BCUT2D eigenvalue weighted by Gasteiger charge is -2.32. The van der Waals surface area contributed by atoms with Crippen LogP contribution in [0.5, 0.6) is 0 Å². The molecule has 142 valence electrons. The van der Waals surface area contributed by atoms with Crippen molar-refractivity contribution >= 4 is 17.6 Å². The van der Waals surface area contributed by atoms with E-state index in [2.05, 4.69) is 5.32 Å². The molecule has 0 unspecified atom stereocenters. The molecule has 1 saturated heterocycles. The zero-order chi connectivity index (χ0) is 19.1. The van der Waals surface area contributed by atoms with Gasteiger partial charge < -0.3 is 20.7 Å². The molecule has 1 heterocycles. The van der Waals surface area contributed by atoms with Gasteiger partial charge >= 0.3 is 6.03 Å². The van der Waals surface area contributed by atoms with Crippen molar-refractivity contribution in [2.75, 3.05) is 18.4 Å². The fraction of sp³-hybridized carbons (Fsp3) is 0.333.